The zero-order chi connectivity index (χ0) is 10.7. The van der Waals surface area contributed by atoms with E-state index in [-0.39, 0.29) is 23.2 Å². The van der Waals surface area contributed by atoms with Crippen LogP contribution in [0, 0.1) is 0 Å². The Balaban J connectivity index is 1.98. The first-order valence-electron chi connectivity index (χ1n) is 4.85. The number of nitrogen functional groups attached to an aromatic ring is 1. The third kappa shape index (κ3) is 2.27. The first-order valence-corrected chi connectivity index (χ1v) is 4.85. The number of H-pyrrole nitrogens is 1. The number of nitrogens with one attached hydrogen (secondary N) is 1. The van der Waals surface area contributed by atoms with Crippen LogP contribution in [0.25, 0.3) is 0 Å². The maximum absolute atomic E-state index is 11.1. The Bertz CT molecular complexity index is 384. The average Bonchev–Trinajstić information content (AvgIpc) is 2.73. The Morgan fingerprint density at radius 3 is 3.33 bits per heavy atom. The third-order valence-electron chi connectivity index (χ3n) is 2.28. The van der Waals surface area contributed by atoms with Gasteiger partial charge < -0.3 is 20.2 Å². The molecule has 15 heavy (non-hydrogen) atoms. The summed E-state index contributed by atoms with van der Waals surface area (Å²) in [6.07, 6.45) is 3.38. The van der Waals surface area contributed by atoms with E-state index >= 15 is 0 Å². The Hall–Kier alpha value is -1.56. The Kier molecular flexibility index (Phi) is 2.86. The maximum atomic E-state index is 11.1. The average molecular weight is 211 g/mol. The second kappa shape index (κ2) is 4.31. The molecular formula is C9H13N3O3. The summed E-state index contributed by atoms with van der Waals surface area (Å²) in [5.74, 6) is 0.175. The third-order valence-corrected chi connectivity index (χ3v) is 2.28. The topological polar surface area (TPSA) is 90.2 Å². The normalized spacial score (nSPS) is 20.4. The van der Waals surface area contributed by atoms with E-state index in [0.717, 1.165) is 19.4 Å². The molecule has 1 saturated heterocycles. The van der Waals surface area contributed by atoms with Crippen LogP contribution in [0.5, 0.6) is 5.88 Å². The van der Waals surface area contributed by atoms with Gasteiger partial charge in [-0.1, -0.05) is 0 Å². The first-order chi connectivity index (χ1) is 7.27. The van der Waals surface area contributed by atoms with Gasteiger partial charge in [0, 0.05) is 6.61 Å². The van der Waals surface area contributed by atoms with Crippen LogP contribution in [-0.2, 0) is 4.74 Å². The van der Waals surface area contributed by atoms with E-state index in [9.17, 15) is 4.79 Å². The fraction of sp³-hybridized carbons (Fsp3) is 0.556. The van der Waals surface area contributed by atoms with Crippen LogP contribution in [0.15, 0.2) is 11.1 Å². The summed E-state index contributed by atoms with van der Waals surface area (Å²) in [5, 5.41) is 0. The number of aromatic amines is 1. The van der Waals surface area contributed by atoms with Crippen molar-refractivity contribution >= 4 is 5.69 Å². The molecule has 6 heteroatoms. The summed E-state index contributed by atoms with van der Waals surface area (Å²) in [6, 6.07) is 0. The van der Waals surface area contributed by atoms with E-state index in [1.54, 1.807) is 0 Å². The number of nitrogens with two attached hydrogens (primary N) is 1. The fourth-order valence-electron chi connectivity index (χ4n) is 1.46. The van der Waals surface area contributed by atoms with Crippen molar-refractivity contribution in [1.82, 2.24) is 9.97 Å². The predicted octanol–water partition coefficient (Wildman–Crippen LogP) is -0.0901. The Morgan fingerprint density at radius 1 is 1.73 bits per heavy atom. The molecule has 0 aromatic carbocycles. The highest BCUT2D eigenvalue weighted by atomic mass is 16.5. The van der Waals surface area contributed by atoms with Gasteiger partial charge in [0.2, 0.25) is 5.88 Å². The molecular weight excluding hydrogens is 198 g/mol. The molecule has 1 aromatic heterocycles. The van der Waals surface area contributed by atoms with E-state index in [1.807, 2.05) is 0 Å². The lowest BCUT2D eigenvalue weighted by Crippen LogP contribution is -2.20. The summed E-state index contributed by atoms with van der Waals surface area (Å²) in [7, 11) is 0. The van der Waals surface area contributed by atoms with E-state index < -0.39 is 0 Å². The highest BCUT2D eigenvalue weighted by Crippen LogP contribution is 2.15. The summed E-state index contributed by atoms with van der Waals surface area (Å²) < 4.78 is 10.7. The van der Waals surface area contributed by atoms with Crippen LogP contribution in [0.1, 0.15) is 12.8 Å². The zero-order valence-corrected chi connectivity index (χ0v) is 8.23. The van der Waals surface area contributed by atoms with Crippen molar-refractivity contribution in [3.05, 3.63) is 16.7 Å². The number of hydrogen-bond donors (Lipinski definition) is 2. The van der Waals surface area contributed by atoms with Gasteiger partial charge in [-0.2, -0.15) is 0 Å². The minimum absolute atomic E-state index is 0.00972. The van der Waals surface area contributed by atoms with Gasteiger partial charge in [-0.25, -0.2) is 4.98 Å². The van der Waals surface area contributed by atoms with Crippen molar-refractivity contribution in [2.24, 2.45) is 0 Å². The van der Waals surface area contributed by atoms with Gasteiger partial charge in [0.15, 0.2) is 5.69 Å². The Labute approximate surface area is 86.4 Å². The summed E-state index contributed by atoms with van der Waals surface area (Å²) in [5.41, 5.74) is 5.12. The zero-order valence-electron chi connectivity index (χ0n) is 8.23. The minimum atomic E-state index is -0.382. The SMILES string of the molecule is Nc1c(OCC2CCCO2)nc[nH]c1=O. The van der Waals surface area contributed by atoms with Gasteiger partial charge in [-0.05, 0) is 12.8 Å². The lowest BCUT2D eigenvalue weighted by molar-refractivity contribution is 0.0665. The number of nitrogens with zero attached hydrogens (tertiary/aromatic N) is 1. The van der Waals surface area contributed by atoms with Crippen LogP contribution in [-0.4, -0.2) is 29.3 Å². The molecule has 2 heterocycles. The largest absolute Gasteiger partial charge is 0.473 e. The van der Waals surface area contributed by atoms with Gasteiger partial charge in [-0.15, -0.1) is 0 Å². The van der Waals surface area contributed by atoms with Crippen LogP contribution in [0.3, 0.4) is 0 Å². The van der Waals surface area contributed by atoms with Crippen LogP contribution >= 0.6 is 0 Å². The molecule has 2 rings (SSSR count). The van der Waals surface area contributed by atoms with E-state index in [2.05, 4.69) is 9.97 Å². The van der Waals surface area contributed by atoms with E-state index in [4.69, 9.17) is 15.2 Å². The molecule has 82 valence electrons. The molecule has 1 aliphatic rings. The number of aromatic nitrogens is 2. The standard InChI is InChI=1S/C9H13N3O3/c10-7-8(13)11-5-12-9(7)15-4-6-2-1-3-14-6/h5-6H,1-4,10H2,(H,11,12,13). The summed E-state index contributed by atoms with van der Waals surface area (Å²) >= 11 is 0. The first kappa shape index (κ1) is 9.97. The Morgan fingerprint density at radius 2 is 2.60 bits per heavy atom. The van der Waals surface area contributed by atoms with Crippen molar-refractivity contribution < 1.29 is 9.47 Å². The van der Waals surface area contributed by atoms with Crippen molar-refractivity contribution in [3.8, 4) is 5.88 Å². The highest BCUT2D eigenvalue weighted by molar-refractivity contribution is 5.44. The van der Waals surface area contributed by atoms with Crippen molar-refractivity contribution in [1.29, 1.82) is 0 Å². The molecule has 0 spiro atoms. The molecule has 1 fully saturated rings. The van der Waals surface area contributed by atoms with E-state index in [0.29, 0.717) is 6.61 Å². The second-order valence-electron chi connectivity index (χ2n) is 3.40. The molecule has 0 bridgehead atoms. The lowest BCUT2D eigenvalue weighted by Gasteiger charge is -2.11. The lowest BCUT2D eigenvalue weighted by atomic mass is 10.2. The molecule has 0 saturated carbocycles. The molecule has 1 atom stereocenters. The van der Waals surface area contributed by atoms with E-state index in [1.165, 1.54) is 6.33 Å². The summed E-state index contributed by atoms with van der Waals surface area (Å²) in [4.78, 5) is 17.3. The van der Waals surface area contributed by atoms with Crippen LogP contribution < -0.4 is 16.0 Å². The maximum Gasteiger partial charge on any atom is 0.277 e. The smallest absolute Gasteiger partial charge is 0.277 e. The van der Waals surface area contributed by atoms with Gasteiger partial charge in [0.05, 0.1) is 12.4 Å². The number of ether oxygens (including phenoxy) is 2. The highest BCUT2D eigenvalue weighted by Gasteiger charge is 2.17. The van der Waals surface area contributed by atoms with Crippen LogP contribution in [0.2, 0.25) is 0 Å². The minimum Gasteiger partial charge on any atom is -0.473 e. The van der Waals surface area contributed by atoms with Crippen molar-refractivity contribution in [2.45, 2.75) is 18.9 Å². The molecule has 0 radical (unpaired) electrons. The summed E-state index contributed by atoms with van der Waals surface area (Å²) in [6.45, 7) is 1.16. The fourth-order valence-corrected chi connectivity index (χ4v) is 1.46. The van der Waals surface area contributed by atoms with Crippen LogP contribution in [0.4, 0.5) is 5.69 Å². The van der Waals surface area contributed by atoms with Crippen molar-refractivity contribution in [3.63, 3.8) is 0 Å². The monoisotopic (exact) mass is 211 g/mol. The van der Waals surface area contributed by atoms with Gasteiger partial charge in [0.25, 0.3) is 5.56 Å². The molecule has 1 aromatic rings. The molecule has 6 nitrogen and oxygen atoms in total. The molecule has 1 aliphatic heterocycles. The number of anilines is 1. The van der Waals surface area contributed by atoms with Gasteiger partial charge in [-0.3, -0.25) is 4.79 Å². The van der Waals surface area contributed by atoms with Crippen molar-refractivity contribution in [2.75, 3.05) is 18.9 Å². The van der Waals surface area contributed by atoms with Gasteiger partial charge in [0.1, 0.15) is 6.61 Å². The molecule has 3 N–H and O–H groups in total. The van der Waals surface area contributed by atoms with Gasteiger partial charge >= 0.3 is 0 Å². The predicted molar refractivity (Wildman–Crippen MR) is 53.7 cm³/mol. The number of hydrogen-bond acceptors (Lipinski definition) is 5. The quantitative estimate of drug-likeness (QED) is 0.729. The number of rotatable bonds is 3. The molecule has 0 aliphatic carbocycles. The molecule has 0 amide bonds. The molecule has 1 unspecified atom stereocenters. The second-order valence-corrected chi connectivity index (χ2v) is 3.40.